The number of rotatable bonds is 6. The molecule has 1 amide bonds. The van der Waals surface area contributed by atoms with Gasteiger partial charge in [0.1, 0.15) is 0 Å². The fourth-order valence-electron chi connectivity index (χ4n) is 2.60. The Bertz CT molecular complexity index is 398. The molecule has 2 rings (SSSR count). The molecule has 0 saturated heterocycles. The lowest BCUT2D eigenvalue weighted by Gasteiger charge is -2.24. The minimum Gasteiger partial charge on any atom is -0.396 e. The Kier molecular flexibility index (Phi) is 6.82. The Balaban J connectivity index is 1.71. The third kappa shape index (κ3) is 5.07. The SMILES string of the molecule is O=C(CSCc1cscn1)NC1CCCCCC1CO. The standard InChI is InChI=1S/C14H22N2O2S2/c17-6-11-4-2-1-3-5-13(11)16-14(18)9-19-7-12-8-20-10-15-12/h8,10-11,13,17H,1-7,9H2,(H,16,18). The third-order valence-corrected chi connectivity index (χ3v) is 5.31. The average Bonchev–Trinajstić information content (AvgIpc) is 2.85. The molecular formula is C14H22N2O2S2. The lowest BCUT2D eigenvalue weighted by atomic mass is 9.96. The number of aliphatic hydroxyl groups excluding tert-OH is 1. The van der Waals surface area contributed by atoms with E-state index in [0.717, 1.165) is 37.1 Å². The molecule has 2 atom stereocenters. The van der Waals surface area contributed by atoms with E-state index in [0.29, 0.717) is 5.75 Å². The maximum Gasteiger partial charge on any atom is 0.230 e. The molecule has 1 heterocycles. The van der Waals surface area contributed by atoms with Crippen LogP contribution in [-0.2, 0) is 10.5 Å². The van der Waals surface area contributed by atoms with Crippen molar-refractivity contribution in [3.05, 3.63) is 16.6 Å². The van der Waals surface area contributed by atoms with Gasteiger partial charge >= 0.3 is 0 Å². The first-order valence-electron chi connectivity index (χ1n) is 7.14. The van der Waals surface area contributed by atoms with E-state index < -0.39 is 0 Å². The summed E-state index contributed by atoms with van der Waals surface area (Å²) in [5, 5.41) is 14.6. The normalized spacial score (nSPS) is 23.2. The van der Waals surface area contributed by atoms with Crippen molar-refractivity contribution in [2.24, 2.45) is 5.92 Å². The van der Waals surface area contributed by atoms with Gasteiger partial charge in [-0.3, -0.25) is 4.79 Å². The van der Waals surface area contributed by atoms with Crippen molar-refractivity contribution in [2.75, 3.05) is 12.4 Å². The Morgan fingerprint density at radius 3 is 3.05 bits per heavy atom. The minimum atomic E-state index is 0.0792. The molecule has 0 radical (unpaired) electrons. The second-order valence-electron chi connectivity index (χ2n) is 5.23. The van der Waals surface area contributed by atoms with Crippen molar-refractivity contribution >= 4 is 29.0 Å². The molecule has 0 aromatic carbocycles. The van der Waals surface area contributed by atoms with Gasteiger partial charge in [-0.05, 0) is 12.8 Å². The van der Waals surface area contributed by atoms with Gasteiger partial charge in [-0.1, -0.05) is 19.3 Å². The molecular weight excluding hydrogens is 292 g/mol. The van der Waals surface area contributed by atoms with E-state index in [1.54, 1.807) is 23.1 Å². The molecule has 6 heteroatoms. The summed E-state index contributed by atoms with van der Waals surface area (Å²) in [4.78, 5) is 16.2. The molecule has 1 aliphatic rings. The zero-order valence-corrected chi connectivity index (χ0v) is 13.2. The summed E-state index contributed by atoms with van der Waals surface area (Å²) in [6.07, 6.45) is 5.53. The summed E-state index contributed by atoms with van der Waals surface area (Å²) in [5.74, 6) is 1.55. The lowest BCUT2D eigenvalue weighted by molar-refractivity contribution is -0.119. The number of thioether (sulfide) groups is 1. The van der Waals surface area contributed by atoms with Crippen LogP contribution in [0.4, 0.5) is 0 Å². The fourth-order valence-corrected chi connectivity index (χ4v) is 4.00. The number of nitrogens with one attached hydrogen (secondary N) is 1. The van der Waals surface area contributed by atoms with E-state index in [9.17, 15) is 9.90 Å². The summed E-state index contributed by atoms with van der Waals surface area (Å²) in [6, 6.07) is 0.148. The number of amides is 1. The largest absolute Gasteiger partial charge is 0.396 e. The molecule has 0 bridgehead atoms. The predicted molar refractivity (Wildman–Crippen MR) is 83.9 cm³/mol. The molecule has 0 spiro atoms. The molecule has 0 aliphatic heterocycles. The van der Waals surface area contributed by atoms with Crippen molar-refractivity contribution in [2.45, 2.75) is 43.9 Å². The van der Waals surface area contributed by atoms with Crippen LogP contribution in [0, 0.1) is 5.92 Å². The number of hydrogen-bond acceptors (Lipinski definition) is 5. The Morgan fingerprint density at radius 2 is 2.30 bits per heavy atom. The van der Waals surface area contributed by atoms with E-state index in [1.165, 1.54) is 6.42 Å². The summed E-state index contributed by atoms with van der Waals surface area (Å²) < 4.78 is 0. The van der Waals surface area contributed by atoms with Crippen molar-refractivity contribution in [1.82, 2.24) is 10.3 Å². The van der Waals surface area contributed by atoms with Crippen molar-refractivity contribution < 1.29 is 9.90 Å². The molecule has 2 unspecified atom stereocenters. The molecule has 20 heavy (non-hydrogen) atoms. The van der Waals surface area contributed by atoms with E-state index in [1.807, 2.05) is 10.9 Å². The van der Waals surface area contributed by atoms with E-state index in [-0.39, 0.29) is 24.5 Å². The molecule has 112 valence electrons. The van der Waals surface area contributed by atoms with E-state index in [2.05, 4.69) is 10.3 Å². The van der Waals surface area contributed by atoms with Crippen LogP contribution < -0.4 is 5.32 Å². The lowest BCUT2D eigenvalue weighted by Crippen LogP contribution is -2.42. The summed E-state index contributed by atoms with van der Waals surface area (Å²) in [6.45, 7) is 0.177. The molecule has 1 saturated carbocycles. The maximum atomic E-state index is 12.0. The van der Waals surface area contributed by atoms with Crippen LogP contribution in [-0.4, -0.2) is 34.4 Å². The Hall–Kier alpha value is -0.590. The summed E-state index contributed by atoms with van der Waals surface area (Å²) in [7, 11) is 0. The molecule has 4 nitrogen and oxygen atoms in total. The third-order valence-electron chi connectivity index (χ3n) is 3.71. The average molecular weight is 314 g/mol. The van der Waals surface area contributed by atoms with Gasteiger partial charge in [0.25, 0.3) is 0 Å². The number of aliphatic hydroxyl groups is 1. The minimum absolute atomic E-state index is 0.0792. The monoisotopic (exact) mass is 314 g/mol. The van der Waals surface area contributed by atoms with Gasteiger partial charge in [-0.25, -0.2) is 4.98 Å². The van der Waals surface area contributed by atoms with Crippen molar-refractivity contribution in [3.8, 4) is 0 Å². The van der Waals surface area contributed by atoms with Gasteiger partial charge in [-0.15, -0.1) is 23.1 Å². The molecule has 1 aliphatic carbocycles. The first kappa shape index (κ1) is 15.8. The fraction of sp³-hybridized carbons (Fsp3) is 0.714. The molecule has 1 aromatic heterocycles. The number of aromatic nitrogens is 1. The van der Waals surface area contributed by atoms with Crippen LogP contribution in [0.3, 0.4) is 0 Å². The van der Waals surface area contributed by atoms with Crippen LogP contribution in [0.5, 0.6) is 0 Å². The van der Waals surface area contributed by atoms with E-state index >= 15 is 0 Å². The van der Waals surface area contributed by atoms with Gasteiger partial charge in [0.2, 0.25) is 5.91 Å². The molecule has 2 N–H and O–H groups in total. The molecule has 1 fully saturated rings. The number of hydrogen-bond donors (Lipinski definition) is 2. The van der Waals surface area contributed by atoms with Crippen LogP contribution in [0.25, 0.3) is 0 Å². The first-order chi connectivity index (χ1) is 9.79. The zero-order chi connectivity index (χ0) is 14.2. The smallest absolute Gasteiger partial charge is 0.230 e. The van der Waals surface area contributed by atoms with Crippen molar-refractivity contribution in [3.63, 3.8) is 0 Å². The van der Waals surface area contributed by atoms with Gasteiger partial charge in [-0.2, -0.15) is 0 Å². The van der Waals surface area contributed by atoms with Crippen LogP contribution >= 0.6 is 23.1 Å². The first-order valence-corrected chi connectivity index (χ1v) is 9.24. The quantitative estimate of drug-likeness (QED) is 0.792. The Morgan fingerprint density at radius 1 is 1.45 bits per heavy atom. The molecule has 1 aromatic rings. The number of thiazole rings is 1. The van der Waals surface area contributed by atoms with E-state index in [4.69, 9.17) is 0 Å². The number of carbonyl (C=O) groups excluding carboxylic acids is 1. The zero-order valence-electron chi connectivity index (χ0n) is 11.6. The number of nitrogens with zero attached hydrogens (tertiary/aromatic N) is 1. The van der Waals surface area contributed by atoms with Gasteiger partial charge < -0.3 is 10.4 Å². The van der Waals surface area contributed by atoms with Crippen LogP contribution in [0.2, 0.25) is 0 Å². The van der Waals surface area contributed by atoms with Gasteiger partial charge in [0.05, 0.1) is 17.0 Å². The highest BCUT2D eigenvalue weighted by molar-refractivity contribution is 7.99. The van der Waals surface area contributed by atoms with Gasteiger partial charge in [0.15, 0.2) is 0 Å². The van der Waals surface area contributed by atoms with Gasteiger partial charge in [0, 0.05) is 29.7 Å². The number of carbonyl (C=O) groups is 1. The second kappa shape index (κ2) is 8.64. The second-order valence-corrected chi connectivity index (χ2v) is 6.93. The predicted octanol–water partition coefficient (Wildman–Crippen LogP) is 2.43. The highest BCUT2D eigenvalue weighted by atomic mass is 32.2. The summed E-state index contributed by atoms with van der Waals surface area (Å²) in [5.41, 5.74) is 2.85. The maximum absolute atomic E-state index is 12.0. The van der Waals surface area contributed by atoms with Crippen molar-refractivity contribution in [1.29, 1.82) is 0 Å². The Labute approximate surface area is 128 Å². The van der Waals surface area contributed by atoms with Crippen LogP contribution in [0.15, 0.2) is 10.9 Å². The summed E-state index contributed by atoms with van der Waals surface area (Å²) >= 11 is 3.17. The highest BCUT2D eigenvalue weighted by Crippen LogP contribution is 2.23. The highest BCUT2D eigenvalue weighted by Gasteiger charge is 2.24. The topological polar surface area (TPSA) is 62.2 Å². The van der Waals surface area contributed by atoms with Crippen LogP contribution in [0.1, 0.15) is 37.8 Å².